The number of H-pyrrole nitrogens is 1. The molecule has 0 saturated heterocycles. The number of amides is 1. The Morgan fingerprint density at radius 1 is 1.53 bits per heavy atom. The predicted octanol–water partition coefficient (Wildman–Crippen LogP) is 1.94. The summed E-state index contributed by atoms with van der Waals surface area (Å²) in [6.45, 7) is 6.83. The van der Waals surface area contributed by atoms with Gasteiger partial charge >= 0.3 is 0 Å². The van der Waals surface area contributed by atoms with Crippen molar-refractivity contribution in [2.75, 3.05) is 5.73 Å². The number of nitrogens with one attached hydrogen (secondary N) is 2. The molecule has 0 aromatic carbocycles. The van der Waals surface area contributed by atoms with Crippen molar-refractivity contribution in [3.05, 3.63) is 11.9 Å². The van der Waals surface area contributed by atoms with E-state index in [9.17, 15) is 4.79 Å². The molecule has 4 N–H and O–H groups in total. The quantitative estimate of drug-likeness (QED) is 0.761. The van der Waals surface area contributed by atoms with Crippen LogP contribution in [0.1, 0.15) is 50.5 Å². The number of fused-ring (bicyclic) bond motifs is 2. The minimum Gasteiger partial charge on any atom is -0.396 e. The second kappa shape index (κ2) is 3.74. The van der Waals surface area contributed by atoms with E-state index < -0.39 is 0 Å². The lowest BCUT2D eigenvalue weighted by molar-refractivity contribution is 0.0734. The van der Waals surface area contributed by atoms with Crippen molar-refractivity contribution < 1.29 is 4.79 Å². The minimum atomic E-state index is -0.137. The normalized spacial score (nSPS) is 35.5. The maximum atomic E-state index is 12.3. The summed E-state index contributed by atoms with van der Waals surface area (Å²) >= 11 is 0. The highest BCUT2D eigenvalue weighted by Gasteiger charge is 2.59. The zero-order chi connectivity index (χ0) is 13.8. The second-order valence-corrected chi connectivity index (χ2v) is 7.02. The molecular weight excluding hydrogens is 240 g/mol. The second-order valence-electron chi connectivity index (χ2n) is 7.02. The number of aromatic amines is 1. The number of nitrogen functional groups attached to an aromatic ring is 1. The number of hydrogen-bond acceptors (Lipinski definition) is 3. The monoisotopic (exact) mass is 262 g/mol. The summed E-state index contributed by atoms with van der Waals surface area (Å²) < 4.78 is 0. The lowest BCUT2D eigenvalue weighted by Gasteiger charge is -2.43. The van der Waals surface area contributed by atoms with Crippen LogP contribution in [0, 0.1) is 16.7 Å². The molecule has 0 spiro atoms. The SMILES string of the molecule is CC12CCC(C1)C(C)(C)C2NC(=O)c1[nH]ncc1N. The van der Waals surface area contributed by atoms with Gasteiger partial charge in [-0.1, -0.05) is 20.8 Å². The Kier molecular flexibility index (Phi) is 2.46. The molecule has 1 aromatic rings. The van der Waals surface area contributed by atoms with E-state index in [1.165, 1.54) is 25.5 Å². The average Bonchev–Trinajstić information content (AvgIpc) is 2.95. The first-order valence-corrected chi connectivity index (χ1v) is 6.94. The molecule has 0 aliphatic heterocycles. The van der Waals surface area contributed by atoms with Crippen molar-refractivity contribution in [3.63, 3.8) is 0 Å². The van der Waals surface area contributed by atoms with Crippen molar-refractivity contribution in [3.8, 4) is 0 Å². The van der Waals surface area contributed by atoms with Gasteiger partial charge in [0, 0.05) is 6.04 Å². The van der Waals surface area contributed by atoms with Crippen molar-refractivity contribution in [2.45, 2.75) is 46.1 Å². The van der Waals surface area contributed by atoms with E-state index in [2.05, 4.69) is 36.3 Å². The number of nitrogens with zero attached hydrogens (tertiary/aromatic N) is 1. The fraction of sp³-hybridized carbons (Fsp3) is 0.714. The van der Waals surface area contributed by atoms with E-state index >= 15 is 0 Å². The molecular formula is C14H22N4O. The van der Waals surface area contributed by atoms with E-state index in [0.29, 0.717) is 17.3 Å². The van der Waals surface area contributed by atoms with Crippen LogP contribution in [0.25, 0.3) is 0 Å². The molecule has 1 heterocycles. The number of hydrogen-bond donors (Lipinski definition) is 3. The Labute approximate surface area is 113 Å². The van der Waals surface area contributed by atoms with Gasteiger partial charge in [-0.05, 0) is 36.0 Å². The summed E-state index contributed by atoms with van der Waals surface area (Å²) in [5.41, 5.74) is 6.89. The first-order chi connectivity index (χ1) is 8.84. The fourth-order valence-electron chi connectivity index (χ4n) is 4.34. The van der Waals surface area contributed by atoms with Crippen LogP contribution in [0.3, 0.4) is 0 Å². The zero-order valence-electron chi connectivity index (χ0n) is 11.8. The number of aromatic nitrogens is 2. The van der Waals surface area contributed by atoms with Crippen LogP contribution in [0.2, 0.25) is 0 Å². The molecule has 5 heteroatoms. The number of carbonyl (C=O) groups is 1. The molecule has 2 fully saturated rings. The fourth-order valence-corrected chi connectivity index (χ4v) is 4.34. The van der Waals surface area contributed by atoms with Gasteiger partial charge in [-0.25, -0.2) is 0 Å². The highest BCUT2D eigenvalue weighted by Crippen LogP contribution is 2.62. The number of nitrogens with two attached hydrogens (primary N) is 1. The molecule has 2 bridgehead atoms. The lowest BCUT2D eigenvalue weighted by Crippen LogP contribution is -2.52. The first-order valence-electron chi connectivity index (χ1n) is 6.94. The average molecular weight is 262 g/mol. The van der Waals surface area contributed by atoms with Crippen LogP contribution in [-0.2, 0) is 0 Å². The summed E-state index contributed by atoms with van der Waals surface area (Å²) in [6, 6.07) is 0.203. The molecule has 19 heavy (non-hydrogen) atoms. The number of anilines is 1. The minimum absolute atomic E-state index is 0.137. The highest BCUT2D eigenvalue weighted by molar-refractivity contribution is 5.97. The van der Waals surface area contributed by atoms with Gasteiger partial charge in [0.25, 0.3) is 5.91 Å². The highest BCUT2D eigenvalue weighted by atomic mass is 16.2. The van der Waals surface area contributed by atoms with E-state index in [1.807, 2.05) is 0 Å². The Morgan fingerprint density at radius 3 is 2.79 bits per heavy atom. The van der Waals surface area contributed by atoms with Crippen molar-refractivity contribution >= 4 is 11.6 Å². The number of rotatable bonds is 2. The van der Waals surface area contributed by atoms with Crippen LogP contribution in [0.5, 0.6) is 0 Å². The molecule has 5 nitrogen and oxygen atoms in total. The van der Waals surface area contributed by atoms with Gasteiger partial charge < -0.3 is 11.1 Å². The van der Waals surface area contributed by atoms with Gasteiger partial charge in [-0.15, -0.1) is 0 Å². The molecule has 3 unspecified atom stereocenters. The molecule has 104 valence electrons. The lowest BCUT2D eigenvalue weighted by atomic mass is 9.68. The van der Waals surface area contributed by atoms with Crippen LogP contribution < -0.4 is 11.1 Å². The van der Waals surface area contributed by atoms with Crippen molar-refractivity contribution in [2.24, 2.45) is 16.7 Å². The summed E-state index contributed by atoms with van der Waals surface area (Å²) in [7, 11) is 0. The van der Waals surface area contributed by atoms with Crippen LogP contribution in [0.15, 0.2) is 6.20 Å². The molecule has 0 radical (unpaired) electrons. The van der Waals surface area contributed by atoms with Crippen LogP contribution >= 0.6 is 0 Å². The summed E-state index contributed by atoms with van der Waals surface area (Å²) in [5.74, 6) is 0.573. The maximum absolute atomic E-state index is 12.3. The summed E-state index contributed by atoms with van der Waals surface area (Å²) in [4.78, 5) is 12.3. The van der Waals surface area contributed by atoms with Gasteiger partial charge in [0.1, 0.15) is 5.69 Å². The van der Waals surface area contributed by atoms with Gasteiger partial charge in [0.05, 0.1) is 11.9 Å². The van der Waals surface area contributed by atoms with E-state index in [-0.39, 0.29) is 22.8 Å². The first kappa shape index (κ1) is 12.5. The molecule has 1 aromatic heterocycles. The topological polar surface area (TPSA) is 83.8 Å². The summed E-state index contributed by atoms with van der Waals surface area (Å²) in [6.07, 6.45) is 5.17. The smallest absolute Gasteiger partial charge is 0.271 e. The molecule has 2 aliphatic rings. The summed E-state index contributed by atoms with van der Waals surface area (Å²) in [5, 5.41) is 9.68. The molecule has 3 rings (SSSR count). The van der Waals surface area contributed by atoms with Gasteiger partial charge in [-0.2, -0.15) is 5.10 Å². The Morgan fingerprint density at radius 2 is 2.26 bits per heavy atom. The van der Waals surface area contributed by atoms with E-state index in [0.717, 1.165) is 0 Å². The third-order valence-corrected chi connectivity index (χ3v) is 5.44. The zero-order valence-corrected chi connectivity index (χ0v) is 11.8. The van der Waals surface area contributed by atoms with E-state index in [4.69, 9.17) is 5.73 Å². The third-order valence-electron chi connectivity index (χ3n) is 5.44. The van der Waals surface area contributed by atoms with Crippen molar-refractivity contribution in [1.82, 2.24) is 15.5 Å². The Bertz CT molecular complexity index is 517. The molecule has 2 saturated carbocycles. The van der Waals surface area contributed by atoms with Crippen LogP contribution in [-0.4, -0.2) is 22.1 Å². The Balaban J connectivity index is 1.84. The molecule has 2 aliphatic carbocycles. The predicted molar refractivity (Wildman–Crippen MR) is 73.5 cm³/mol. The standard InChI is InChI=1S/C14H22N4O/c1-13(2)8-4-5-14(3,6-8)12(13)17-11(19)10-9(15)7-16-18-10/h7-8,12H,4-6,15H2,1-3H3,(H,16,18)(H,17,19). The third kappa shape index (κ3) is 1.67. The molecule has 1 amide bonds. The maximum Gasteiger partial charge on any atom is 0.271 e. The Hall–Kier alpha value is -1.52. The number of carbonyl (C=O) groups excluding carboxylic acids is 1. The van der Waals surface area contributed by atoms with Gasteiger partial charge in [-0.3, -0.25) is 9.89 Å². The molecule has 3 atom stereocenters. The van der Waals surface area contributed by atoms with E-state index in [1.54, 1.807) is 0 Å². The van der Waals surface area contributed by atoms with Gasteiger partial charge in [0.2, 0.25) is 0 Å². The van der Waals surface area contributed by atoms with Crippen LogP contribution in [0.4, 0.5) is 5.69 Å². The largest absolute Gasteiger partial charge is 0.396 e. The van der Waals surface area contributed by atoms with Gasteiger partial charge in [0.15, 0.2) is 0 Å². The van der Waals surface area contributed by atoms with Crippen molar-refractivity contribution in [1.29, 1.82) is 0 Å².